The van der Waals surface area contributed by atoms with Gasteiger partial charge in [-0.3, -0.25) is 0 Å². The number of phosphoric acid groups is 1. The third kappa shape index (κ3) is 19.6. The maximum absolute atomic E-state index is 9.84. The normalized spacial score (nSPS) is 9.92. The van der Waals surface area contributed by atoms with E-state index in [0.717, 1.165) is 10.8 Å². The van der Waals surface area contributed by atoms with E-state index in [1.165, 1.54) is 0 Å². The van der Waals surface area contributed by atoms with Crippen LogP contribution in [0.5, 0.6) is 0 Å². The predicted molar refractivity (Wildman–Crippen MR) is 41.7 cm³/mol. The van der Waals surface area contributed by atoms with E-state index in [1.54, 1.807) is 0 Å². The Balaban J connectivity index is -0.000000405. The Morgan fingerprint density at radius 1 is 1.25 bits per heavy atom. The number of halogens is 1. The van der Waals surface area contributed by atoms with Crippen LogP contribution in [0, 0.1) is 0 Å². The molecule has 0 radical (unpaired) electrons. The third-order valence-corrected chi connectivity index (χ3v) is 2.04. The molecule has 0 saturated heterocycles. The molecule has 0 aliphatic rings. The maximum atomic E-state index is 9.84. The van der Waals surface area contributed by atoms with Crippen molar-refractivity contribution in [3.05, 3.63) is 0 Å². The Bertz CT molecular complexity index is 130. The van der Waals surface area contributed by atoms with Gasteiger partial charge in [-0.25, -0.2) is 0 Å². The van der Waals surface area contributed by atoms with Crippen LogP contribution in [0.4, 0.5) is 0 Å². The van der Waals surface area contributed by atoms with Crippen molar-refractivity contribution in [1.82, 2.24) is 0 Å². The van der Waals surface area contributed by atoms with Crippen molar-refractivity contribution in [2.75, 3.05) is 11.0 Å². The van der Waals surface area contributed by atoms with E-state index in [-0.39, 0.29) is 109 Å². The fourth-order valence-corrected chi connectivity index (χ4v) is 1.26. The molecule has 0 amide bonds. The molecule has 0 atom stereocenters. The van der Waals surface area contributed by atoms with E-state index >= 15 is 0 Å². The average Bonchev–Trinajstić information content (AvgIpc) is 1.78. The molecule has 8 heteroatoms. The smallest absolute Gasteiger partial charge is 0.790 e. The van der Waals surface area contributed by atoms with Gasteiger partial charge in [0.2, 0.25) is 0 Å². The van der Waals surface area contributed by atoms with E-state index in [2.05, 4.69) is 27.1 Å². The topological polar surface area (TPSA) is 72.4 Å². The summed E-state index contributed by atoms with van der Waals surface area (Å²) < 4.78 is 14.8. The van der Waals surface area contributed by atoms with Gasteiger partial charge < -0.3 is 18.9 Å². The zero-order chi connectivity index (χ0) is 8.04. The van der Waals surface area contributed by atoms with E-state index in [9.17, 15) is 14.4 Å². The number of rotatable bonds is 5. The molecule has 0 unspecified atom stereocenters. The number of phosphoric ester groups is 1. The molecule has 0 aromatic heterocycles. The van der Waals surface area contributed by atoms with E-state index < -0.39 is 7.82 Å². The van der Waals surface area contributed by atoms with Crippen molar-refractivity contribution >= 4 is 30.4 Å². The van der Waals surface area contributed by atoms with Gasteiger partial charge in [0.25, 0.3) is 0 Å². The second kappa shape index (κ2) is 13.2. The zero-order valence-electron chi connectivity index (χ0n) is 7.29. The number of hydrogen-bond donors (Lipinski definition) is 0. The van der Waals surface area contributed by atoms with Crippen molar-refractivity contribution < 1.29 is 122 Å². The molecule has 0 aromatic carbocycles. The van der Waals surface area contributed by atoms with Crippen LogP contribution >= 0.6 is 30.4 Å². The summed E-state index contributed by atoms with van der Waals surface area (Å²) in [6.45, 7) is 0.0211. The SMILES string of the molecule is O=P([O-])([O-])OCCCCI.[K+].[K+]. The van der Waals surface area contributed by atoms with Gasteiger partial charge in [0.15, 0.2) is 0 Å². The summed E-state index contributed by atoms with van der Waals surface area (Å²) in [6.07, 6.45) is 1.50. The first kappa shape index (κ1) is 21.4. The van der Waals surface area contributed by atoms with Crippen LogP contribution in [0.2, 0.25) is 0 Å². The van der Waals surface area contributed by atoms with Gasteiger partial charge in [-0.2, -0.15) is 0 Å². The molecule has 0 saturated carbocycles. The van der Waals surface area contributed by atoms with Crippen LogP contribution in [0.1, 0.15) is 12.8 Å². The van der Waals surface area contributed by atoms with Crippen molar-refractivity contribution in [3.63, 3.8) is 0 Å². The van der Waals surface area contributed by atoms with Crippen LogP contribution in [0.25, 0.3) is 0 Å². The molecular formula is C4H8IK2O4P. The first-order valence-electron chi connectivity index (χ1n) is 2.79. The Kier molecular flexibility index (Phi) is 23.5. The molecule has 0 rings (SSSR count). The molecule has 0 bridgehead atoms. The van der Waals surface area contributed by atoms with Crippen molar-refractivity contribution in [2.45, 2.75) is 12.8 Å². The fourth-order valence-electron chi connectivity index (χ4n) is 0.373. The van der Waals surface area contributed by atoms with Crippen LogP contribution in [0.3, 0.4) is 0 Å². The van der Waals surface area contributed by atoms with Gasteiger partial charge in [-0.05, 0) is 17.3 Å². The number of alkyl halides is 1. The standard InChI is InChI=1S/C4H10IO4P.2K/c5-3-1-2-4-9-10(6,7)8;;/h1-4H2,(H2,6,7,8);;/q;2*+1/p-2. The number of unbranched alkanes of at least 4 members (excludes halogenated alkanes) is 1. The molecule has 0 spiro atoms. The monoisotopic (exact) mass is 356 g/mol. The summed E-state index contributed by atoms with van der Waals surface area (Å²) in [7, 11) is -4.71. The minimum Gasteiger partial charge on any atom is -0.790 e. The Hall–Kier alpha value is 4.11. The summed E-state index contributed by atoms with van der Waals surface area (Å²) in [5.74, 6) is 0. The maximum Gasteiger partial charge on any atom is 1.00 e. The first-order chi connectivity index (χ1) is 4.56. The first-order valence-corrected chi connectivity index (χ1v) is 5.77. The molecule has 0 fully saturated rings. The van der Waals surface area contributed by atoms with E-state index in [1.807, 2.05) is 0 Å². The minimum atomic E-state index is -4.71. The molecule has 0 N–H and O–H groups in total. The Labute approximate surface area is 171 Å². The summed E-state index contributed by atoms with van der Waals surface area (Å²) in [5.41, 5.74) is 0. The summed E-state index contributed by atoms with van der Waals surface area (Å²) in [5, 5.41) is 0. The average molecular weight is 356 g/mol. The quantitative estimate of drug-likeness (QED) is 0.162. The third-order valence-electron chi connectivity index (χ3n) is 0.777. The minimum absolute atomic E-state index is 0. The van der Waals surface area contributed by atoms with Crippen LogP contribution in [-0.4, -0.2) is 11.0 Å². The zero-order valence-corrected chi connectivity index (χ0v) is 16.6. The van der Waals surface area contributed by atoms with Crippen LogP contribution < -0.4 is 113 Å². The Morgan fingerprint density at radius 3 is 2.08 bits per heavy atom. The molecule has 0 aliphatic heterocycles. The van der Waals surface area contributed by atoms with Gasteiger partial charge >= 0.3 is 103 Å². The van der Waals surface area contributed by atoms with E-state index in [0.29, 0.717) is 6.42 Å². The Morgan fingerprint density at radius 2 is 1.75 bits per heavy atom. The van der Waals surface area contributed by atoms with Gasteiger partial charge in [-0.15, -0.1) is 0 Å². The van der Waals surface area contributed by atoms with Gasteiger partial charge in [0.05, 0.1) is 14.4 Å². The number of hydrogen-bond acceptors (Lipinski definition) is 4. The van der Waals surface area contributed by atoms with Crippen molar-refractivity contribution in [3.8, 4) is 0 Å². The van der Waals surface area contributed by atoms with Crippen LogP contribution in [-0.2, 0) is 9.09 Å². The molecule has 0 aromatic rings. The molecule has 12 heavy (non-hydrogen) atoms. The van der Waals surface area contributed by atoms with Gasteiger partial charge in [0.1, 0.15) is 0 Å². The molecule has 0 heterocycles. The second-order valence-corrected chi connectivity index (χ2v) is 3.91. The summed E-state index contributed by atoms with van der Waals surface area (Å²) >= 11 is 2.17. The van der Waals surface area contributed by atoms with E-state index in [4.69, 9.17) is 0 Å². The molecule has 4 nitrogen and oxygen atoms in total. The molecular weight excluding hydrogens is 348 g/mol. The van der Waals surface area contributed by atoms with Gasteiger partial charge in [-0.1, -0.05) is 22.6 Å². The van der Waals surface area contributed by atoms with Gasteiger partial charge in [0, 0.05) is 0 Å². The fraction of sp³-hybridized carbons (Fsp3) is 1.00. The van der Waals surface area contributed by atoms with Crippen LogP contribution in [0.15, 0.2) is 0 Å². The van der Waals surface area contributed by atoms with Crippen molar-refractivity contribution in [1.29, 1.82) is 0 Å². The molecule has 0 aliphatic carbocycles. The van der Waals surface area contributed by atoms with Crippen molar-refractivity contribution in [2.24, 2.45) is 0 Å². The summed E-state index contributed by atoms with van der Waals surface area (Å²) in [4.78, 5) is 19.7. The largest absolute Gasteiger partial charge is 1.00 e. The predicted octanol–water partition coefficient (Wildman–Crippen LogP) is -5.95. The second-order valence-electron chi connectivity index (χ2n) is 1.68. The summed E-state index contributed by atoms with van der Waals surface area (Å²) in [6, 6.07) is 0. The molecule has 62 valence electrons.